The number of thioether (sulfide) groups is 2. The Morgan fingerprint density at radius 3 is 2.30 bits per heavy atom. The van der Waals surface area contributed by atoms with Gasteiger partial charge < -0.3 is 19.5 Å². The summed E-state index contributed by atoms with van der Waals surface area (Å²) in [5.74, 6) is 2.51. The van der Waals surface area contributed by atoms with E-state index in [0.717, 1.165) is 11.5 Å². The molecular formula is C22H25NO5S2. The molecule has 0 unspecified atom stereocenters. The summed E-state index contributed by atoms with van der Waals surface area (Å²) < 4.78 is 16.6. The molecule has 0 atom stereocenters. The number of amides is 1. The zero-order chi connectivity index (χ0) is 21.3. The molecule has 0 radical (unpaired) electrons. The number of hydrogen-bond donors (Lipinski definition) is 1. The van der Waals surface area contributed by atoms with E-state index in [1.807, 2.05) is 49.5 Å². The smallest absolute Gasteiger partial charge is 0.338 e. The van der Waals surface area contributed by atoms with E-state index >= 15 is 0 Å². The highest BCUT2D eigenvalue weighted by Gasteiger charge is 2.19. The van der Waals surface area contributed by atoms with Crippen molar-refractivity contribution in [3.05, 3.63) is 53.6 Å². The minimum atomic E-state index is -0.523. The van der Waals surface area contributed by atoms with Gasteiger partial charge in [0.15, 0.2) is 18.1 Å². The molecule has 0 spiro atoms. The Bertz CT molecular complexity index is 866. The molecule has 1 fully saturated rings. The summed E-state index contributed by atoms with van der Waals surface area (Å²) in [6, 6.07) is 12.5. The molecule has 3 rings (SSSR count). The van der Waals surface area contributed by atoms with Crippen molar-refractivity contribution in [3.63, 3.8) is 0 Å². The Labute approximate surface area is 185 Å². The molecule has 1 aliphatic heterocycles. The summed E-state index contributed by atoms with van der Waals surface area (Å²) in [6.07, 6.45) is 0. The molecule has 1 amide bonds. The monoisotopic (exact) mass is 447 g/mol. The second-order valence-electron chi connectivity index (χ2n) is 6.35. The van der Waals surface area contributed by atoms with Crippen LogP contribution in [0.5, 0.6) is 11.5 Å². The van der Waals surface area contributed by atoms with E-state index in [0.29, 0.717) is 40.5 Å². The molecule has 8 heteroatoms. The lowest BCUT2D eigenvalue weighted by Gasteiger charge is -2.13. The highest BCUT2D eigenvalue weighted by atomic mass is 32.2. The average molecular weight is 448 g/mol. The number of ether oxygens (including phenoxy) is 3. The molecular weight excluding hydrogens is 422 g/mol. The van der Waals surface area contributed by atoms with Crippen LogP contribution < -0.4 is 14.8 Å². The minimum absolute atomic E-state index is 0.369. The van der Waals surface area contributed by atoms with E-state index in [9.17, 15) is 9.59 Å². The second kappa shape index (κ2) is 11.2. The van der Waals surface area contributed by atoms with Gasteiger partial charge in [0, 0.05) is 23.3 Å². The van der Waals surface area contributed by atoms with Crippen molar-refractivity contribution in [1.29, 1.82) is 0 Å². The normalized spacial score (nSPS) is 13.7. The van der Waals surface area contributed by atoms with Crippen molar-refractivity contribution in [2.75, 3.05) is 36.6 Å². The van der Waals surface area contributed by atoms with E-state index in [1.54, 1.807) is 30.3 Å². The maximum absolute atomic E-state index is 12.2. The summed E-state index contributed by atoms with van der Waals surface area (Å²) >= 11 is 3.82. The van der Waals surface area contributed by atoms with Gasteiger partial charge in [0.25, 0.3) is 5.91 Å². The Morgan fingerprint density at radius 2 is 1.63 bits per heavy atom. The summed E-state index contributed by atoms with van der Waals surface area (Å²) in [5, 5.41) is 2.71. The molecule has 0 saturated carbocycles. The van der Waals surface area contributed by atoms with Crippen molar-refractivity contribution in [2.24, 2.45) is 0 Å². The summed E-state index contributed by atoms with van der Waals surface area (Å²) in [7, 11) is 0. The molecule has 6 nitrogen and oxygen atoms in total. The zero-order valence-corrected chi connectivity index (χ0v) is 18.6. The summed E-state index contributed by atoms with van der Waals surface area (Å²) in [4.78, 5) is 24.4. The minimum Gasteiger partial charge on any atom is -0.490 e. The van der Waals surface area contributed by atoms with Gasteiger partial charge in [-0.25, -0.2) is 4.79 Å². The van der Waals surface area contributed by atoms with Crippen molar-refractivity contribution in [1.82, 2.24) is 0 Å². The van der Waals surface area contributed by atoms with E-state index in [4.69, 9.17) is 14.2 Å². The van der Waals surface area contributed by atoms with Gasteiger partial charge in [-0.15, -0.1) is 23.5 Å². The predicted molar refractivity (Wildman–Crippen MR) is 122 cm³/mol. The fraction of sp³-hybridized carbons (Fsp3) is 0.364. The van der Waals surface area contributed by atoms with Crippen molar-refractivity contribution in [3.8, 4) is 11.5 Å². The number of nitrogens with one attached hydrogen (secondary N) is 1. The van der Waals surface area contributed by atoms with Gasteiger partial charge in [-0.2, -0.15) is 0 Å². The molecule has 1 N–H and O–H groups in total. The first-order valence-electron chi connectivity index (χ1n) is 9.80. The third kappa shape index (κ3) is 6.09. The Morgan fingerprint density at radius 1 is 0.967 bits per heavy atom. The predicted octanol–water partition coefficient (Wildman–Crippen LogP) is 4.76. The molecule has 2 aromatic rings. The fourth-order valence-electron chi connectivity index (χ4n) is 2.87. The molecule has 2 aromatic carbocycles. The van der Waals surface area contributed by atoms with Crippen LogP contribution >= 0.6 is 23.5 Å². The molecule has 0 bridgehead atoms. The van der Waals surface area contributed by atoms with Gasteiger partial charge >= 0.3 is 5.97 Å². The molecule has 0 aliphatic carbocycles. The molecule has 0 aromatic heterocycles. The van der Waals surface area contributed by atoms with Crippen LogP contribution in [0.15, 0.2) is 42.5 Å². The quantitative estimate of drug-likeness (QED) is 0.556. The number of hydrogen-bond acceptors (Lipinski definition) is 7. The largest absolute Gasteiger partial charge is 0.490 e. The first kappa shape index (κ1) is 22.4. The number of esters is 1. The van der Waals surface area contributed by atoms with Gasteiger partial charge in [-0.1, -0.05) is 12.1 Å². The van der Waals surface area contributed by atoms with Gasteiger partial charge in [-0.3, -0.25) is 4.79 Å². The number of carbonyl (C=O) groups is 2. The van der Waals surface area contributed by atoms with Crippen molar-refractivity contribution in [2.45, 2.75) is 18.4 Å². The van der Waals surface area contributed by atoms with Gasteiger partial charge in [0.1, 0.15) is 0 Å². The molecule has 1 saturated heterocycles. The van der Waals surface area contributed by atoms with E-state index in [-0.39, 0.29) is 6.61 Å². The summed E-state index contributed by atoms with van der Waals surface area (Å²) in [6.45, 7) is 4.39. The number of carbonyl (C=O) groups excluding carboxylic acids is 2. The average Bonchev–Trinajstić information content (AvgIpc) is 3.29. The van der Waals surface area contributed by atoms with Crippen LogP contribution in [0.25, 0.3) is 0 Å². The lowest BCUT2D eigenvalue weighted by molar-refractivity contribution is -0.119. The maximum Gasteiger partial charge on any atom is 0.338 e. The third-order valence-corrected chi connectivity index (χ3v) is 7.31. The van der Waals surface area contributed by atoms with Crippen LogP contribution in [0.3, 0.4) is 0 Å². The highest BCUT2D eigenvalue weighted by molar-refractivity contribution is 8.19. The SMILES string of the molecule is CCOc1ccc(NC(=O)COC(=O)c2ccc(C3SCCS3)cc2)cc1OCC. The highest BCUT2D eigenvalue weighted by Crippen LogP contribution is 2.45. The second-order valence-corrected chi connectivity index (χ2v) is 9.07. The van der Waals surface area contributed by atoms with Gasteiger partial charge in [-0.05, 0) is 43.7 Å². The standard InChI is InChI=1S/C22H25NO5S2/c1-3-26-18-10-9-17(13-19(18)27-4-2)23-20(24)14-28-21(25)15-5-7-16(8-6-15)22-29-11-12-30-22/h5-10,13,22H,3-4,11-12,14H2,1-2H3,(H,23,24). The van der Waals surface area contributed by atoms with Crippen LogP contribution in [0.2, 0.25) is 0 Å². The van der Waals surface area contributed by atoms with Gasteiger partial charge in [0.2, 0.25) is 0 Å². The molecule has 1 heterocycles. The Balaban J connectivity index is 1.52. The van der Waals surface area contributed by atoms with E-state index < -0.39 is 11.9 Å². The maximum atomic E-state index is 12.2. The van der Waals surface area contributed by atoms with Crippen LogP contribution in [-0.2, 0) is 9.53 Å². The van der Waals surface area contributed by atoms with Crippen LogP contribution in [0.1, 0.15) is 34.4 Å². The number of rotatable bonds is 9. The summed E-state index contributed by atoms with van der Waals surface area (Å²) in [5.41, 5.74) is 2.16. The number of anilines is 1. The molecule has 1 aliphatic rings. The molecule has 30 heavy (non-hydrogen) atoms. The Hall–Kier alpha value is -2.32. The molecule has 160 valence electrons. The number of benzene rings is 2. The van der Waals surface area contributed by atoms with Gasteiger partial charge in [0.05, 0.1) is 23.4 Å². The third-order valence-electron chi connectivity index (χ3n) is 4.20. The lowest BCUT2D eigenvalue weighted by Crippen LogP contribution is -2.21. The van der Waals surface area contributed by atoms with E-state index in [2.05, 4.69) is 5.32 Å². The van der Waals surface area contributed by atoms with Crippen LogP contribution in [0.4, 0.5) is 5.69 Å². The Kier molecular flexibility index (Phi) is 8.33. The first-order chi connectivity index (χ1) is 14.6. The first-order valence-corrected chi connectivity index (χ1v) is 11.9. The van der Waals surface area contributed by atoms with Crippen molar-refractivity contribution >= 4 is 41.1 Å². The van der Waals surface area contributed by atoms with E-state index in [1.165, 1.54) is 5.56 Å². The van der Waals surface area contributed by atoms with Crippen LogP contribution in [0, 0.1) is 0 Å². The zero-order valence-electron chi connectivity index (χ0n) is 17.0. The van der Waals surface area contributed by atoms with Crippen LogP contribution in [-0.4, -0.2) is 43.2 Å². The topological polar surface area (TPSA) is 73.9 Å². The fourth-order valence-corrected chi connectivity index (χ4v) is 5.73. The lowest BCUT2D eigenvalue weighted by atomic mass is 10.1. The van der Waals surface area contributed by atoms with Crippen molar-refractivity contribution < 1.29 is 23.8 Å².